The minimum absolute atomic E-state index is 0.217. The highest BCUT2D eigenvalue weighted by Gasteiger charge is 2.17. The minimum atomic E-state index is 0.217. The van der Waals surface area contributed by atoms with Crippen LogP contribution in [-0.4, -0.2) is 28.5 Å². The molecule has 0 saturated carbocycles. The van der Waals surface area contributed by atoms with E-state index in [1.54, 1.807) is 0 Å². The molecule has 4 nitrogen and oxygen atoms in total. The molecule has 0 spiro atoms. The lowest BCUT2D eigenvalue weighted by molar-refractivity contribution is 0.101. The van der Waals surface area contributed by atoms with Crippen LogP contribution in [0.3, 0.4) is 0 Å². The fourth-order valence-corrected chi connectivity index (χ4v) is 2.58. The maximum absolute atomic E-state index is 6.21. The second-order valence-corrected chi connectivity index (χ2v) is 5.28. The fourth-order valence-electron chi connectivity index (χ4n) is 2.58. The molecule has 0 aromatic carbocycles. The van der Waals surface area contributed by atoms with Gasteiger partial charge in [0.15, 0.2) is 0 Å². The number of aromatic nitrogens is 2. The summed E-state index contributed by atoms with van der Waals surface area (Å²) in [5.74, 6) is 0. The first-order valence-electron chi connectivity index (χ1n) is 7.08. The summed E-state index contributed by atoms with van der Waals surface area (Å²) in [6.07, 6.45) is 6.90. The van der Waals surface area contributed by atoms with E-state index in [0.29, 0.717) is 6.10 Å². The van der Waals surface area contributed by atoms with E-state index in [0.717, 1.165) is 38.0 Å². The van der Waals surface area contributed by atoms with Gasteiger partial charge < -0.3 is 10.5 Å². The summed E-state index contributed by atoms with van der Waals surface area (Å²) in [6, 6.07) is 2.39. The Balaban J connectivity index is 1.78. The van der Waals surface area contributed by atoms with Crippen molar-refractivity contribution in [2.45, 2.75) is 57.6 Å². The summed E-state index contributed by atoms with van der Waals surface area (Å²) in [5.41, 5.74) is 8.60. The summed E-state index contributed by atoms with van der Waals surface area (Å²) < 4.78 is 7.59. The summed E-state index contributed by atoms with van der Waals surface area (Å²) >= 11 is 0. The molecular formula is C14H25N3O. The molecule has 18 heavy (non-hydrogen) atoms. The molecule has 102 valence electrons. The Kier molecular flexibility index (Phi) is 4.78. The Morgan fingerprint density at radius 1 is 1.61 bits per heavy atom. The molecule has 0 aliphatic carbocycles. The third-order valence-electron chi connectivity index (χ3n) is 3.74. The number of ether oxygens (including phenoxy) is 1. The van der Waals surface area contributed by atoms with Crippen LogP contribution >= 0.6 is 0 Å². The lowest BCUT2D eigenvalue weighted by Gasteiger charge is -2.14. The topological polar surface area (TPSA) is 53.1 Å². The Labute approximate surface area is 110 Å². The fraction of sp³-hybridized carbons (Fsp3) is 0.786. The number of nitrogens with zero attached hydrogens (tertiary/aromatic N) is 2. The van der Waals surface area contributed by atoms with Crippen molar-refractivity contribution in [1.82, 2.24) is 9.78 Å². The molecule has 0 bridgehead atoms. The van der Waals surface area contributed by atoms with Crippen LogP contribution in [0.2, 0.25) is 0 Å². The van der Waals surface area contributed by atoms with Crippen molar-refractivity contribution in [2.75, 3.05) is 6.61 Å². The number of aryl methyl sites for hydroxylation is 2. The van der Waals surface area contributed by atoms with Gasteiger partial charge in [-0.2, -0.15) is 5.10 Å². The van der Waals surface area contributed by atoms with Gasteiger partial charge in [-0.25, -0.2) is 0 Å². The highest BCUT2D eigenvalue weighted by Crippen LogP contribution is 2.18. The minimum Gasteiger partial charge on any atom is -0.378 e. The van der Waals surface area contributed by atoms with Gasteiger partial charge in [0.1, 0.15) is 0 Å². The van der Waals surface area contributed by atoms with Gasteiger partial charge in [0.05, 0.1) is 11.8 Å². The molecule has 2 atom stereocenters. The lowest BCUT2D eigenvalue weighted by atomic mass is 10.0. The number of rotatable bonds is 6. The quantitative estimate of drug-likeness (QED) is 0.839. The molecule has 1 aliphatic heterocycles. The average molecular weight is 251 g/mol. The molecule has 2 heterocycles. The van der Waals surface area contributed by atoms with Crippen molar-refractivity contribution in [2.24, 2.45) is 12.8 Å². The Morgan fingerprint density at radius 3 is 3.06 bits per heavy atom. The monoisotopic (exact) mass is 251 g/mol. The van der Waals surface area contributed by atoms with E-state index in [1.165, 1.54) is 18.5 Å². The van der Waals surface area contributed by atoms with Crippen molar-refractivity contribution in [3.8, 4) is 0 Å². The van der Waals surface area contributed by atoms with E-state index in [9.17, 15) is 0 Å². The van der Waals surface area contributed by atoms with Crippen LogP contribution in [-0.2, 0) is 24.6 Å². The molecule has 2 N–H and O–H groups in total. The van der Waals surface area contributed by atoms with Crippen LogP contribution < -0.4 is 5.73 Å². The van der Waals surface area contributed by atoms with E-state index in [4.69, 9.17) is 10.5 Å². The average Bonchev–Trinajstić information content (AvgIpc) is 2.97. The highest BCUT2D eigenvalue weighted by molar-refractivity contribution is 5.11. The van der Waals surface area contributed by atoms with Crippen LogP contribution in [0.1, 0.15) is 44.0 Å². The molecule has 1 aliphatic rings. The predicted octanol–water partition coefficient (Wildman–Crippen LogP) is 1.81. The Bertz CT molecular complexity index is 369. The van der Waals surface area contributed by atoms with Crippen molar-refractivity contribution < 1.29 is 4.74 Å². The largest absolute Gasteiger partial charge is 0.378 e. The predicted molar refractivity (Wildman–Crippen MR) is 72.5 cm³/mol. The van der Waals surface area contributed by atoms with E-state index < -0.39 is 0 Å². The van der Waals surface area contributed by atoms with E-state index >= 15 is 0 Å². The zero-order valence-corrected chi connectivity index (χ0v) is 11.6. The van der Waals surface area contributed by atoms with Crippen LogP contribution in [0.5, 0.6) is 0 Å². The molecule has 2 unspecified atom stereocenters. The molecule has 0 amide bonds. The van der Waals surface area contributed by atoms with Gasteiger partial charge >= 0.3 is 0 Å². The molecule has 1 saturated heterocycles. The first-order valence-corrected chi connectivity index (χ1v) is 7.08. The zero-order chi connectivity index (χ0) is 13.0. The first kappa shape index (κ1) is 13.6. The van der Waals surface area contributed by atoms with Crippen LogP contribution in [0.15, 0.2) is 6.07 Å². The summed E-state index contributed by atoms with van der Waals surface area (Å²) in [6.45, 7) is 3.06. The molecule has 2 rings (SSSR count). The third-order valence-corrected chi connectivity index (χ3v) is 3.74. The number of hydrogen-bond acceptors (Lipinski definition) is 3. The second kappa shape index (κ2) is 6.34. The summed E-state index contributed by atoms with van der Waals surface area (Å²) in [4.78, 5) is 0. The van der Waals surface area contributed by atoms with Crippen LogP contribution in [0.4, 0.5) is 0 Å². The summed E-state index contributed by atoms with van der Waals surface area (Å²) in [7, 11) is 2.00. The molecule has 1 aromatic rings. The third kappa shape index (κ3) is 3.56. The van der Waals surface area contributed by atoms with Gasteiger partial charge in [0.2, 0.25) is 0 Å². The number of hydrogen-bond donors (Lipinski definition) is 1. The smallest absolute Gasteiger partial charge is 0.0624 e. The van der Waals surface area contributed by atoms with Gasteiger partial charge in [0, 0.05) is 31.8 Å². The van der Waals surface area contributed by atoms with Gasteiger partial charge in [-0.15, -0.1) is 0 Å². The van der Waals surface area contributed by atoms with Gasteiger partial charge in [0.25, 0.3) is 0 Å². The molecule has 1 aromatic heterocycles. The van der Waals surface area contributed by atoms with Crippen molar-refractivity contribution in [1.29, 1.82) is 0 Å². The molecule has 0 radical (unpaired) electrons. The Hall–Kier alpha value is -0.870. The van der Waals surface area contributed by atoms with E-state index in [2.05, 4.69) is 18.1 Å². The second-order valence-electron chi connectivity index (χ2n) is 5.28. The number of nitrogens with two attached hydrogens (primary N) is 1. The standard InChI is InChI=1S/C14H25N3O/c1-3-12-10-13(17(2)16-12)9-11(15)6-7-14-5-4-8-18-14/h10-11,14H,3-9,15H2,1-2H3. The highest BCUT2D eigenvalue weighted by atomic mass is 16.5. The SMILES string of the molecule is CCc1cc(CC(N)CCC2CCCO2)n(C)n1. The van der Waals surface area contributed by atoms with Crippen molar-refractivity contribution in [3.05, 3.63) is 17.5 Å². The first-order chi connectivity index (χ1) is 8.69. The van der Waals surface area contributed by atoms with Gasteiger partial charge in [-0.3, -0.25) is 4.68 Å². The lowest BCUT2D eigenvalue weighted by Crippen LogP contribution is -2.25. The molecule has 4 heteroatoms. The maximum Gasteiger partial charge on any atom is 0.0624 e. The summed E-state index contributed by atoms with van der Waals surface area (Å²) in [5, 5.41) is 4.46. The maximum atomic E-state index is 6.21. The zero-order valence-electron chi connectivity index (χ0n) is 11.6. The normalized spacial score (nSPS) is 21.4. The van der Waals surface area contributed by atoms with Gasteiger partial charge in [-0.1, -0.05) is 6.92 Å². The van der Waals surface area contributed by atoms with Crippen LogP contribution in [0, 0.1) is 0 Å². The van der Waals surface area contributed by atoms with E-state index in [-0.39, 0.29) is 6.04 Å². The van der Waals surface area contributed by atoms with Crippen molar-refractivity contribution in [3.63, 3.8) is 0 Å². The molecular weight excluding hydrogens is 226 g/mol. The Morgan fingerprint density at radius 2 is 2.44 bits per heavy atom. The van der Waals surface area contributed by atoms with E-state index in [1.807, 2.05) is 11.7 Å². The van der Waals surface area contributed by atoms with Crippen LogP contribution in [0.25, 0.3) is 0 Å². The van der Waals surface area contributed by atoms with Crippen molar-refractivity contribution >= 4 is 0 Å². The molecule has 1 fully saturated rings. The van der Waals surface area contributed by atoms with Gasteiger partial charge in [-0.05, 0) is 38.2 Å².